The summed E-state index contributed by atoms with van der Waals surface area (Å²) < 4.78 is 12.5. The van der Waals surface area contributed by atoms with Gasteiger partial charge in [0.05, 0.1) is 22.3 Å². The normalized spacial score (nSPS) is 19.9. The molecule has 0 amide bonds. The van der Waals surface area contributed by atoms with Crippen molar-refractivity contribution in [1.29, 1.82) is 0 Å². The van der Waals surface area contributed by atoms with Crippen LogP contribution < -0.4 is 5.32 Å². The number of benzene rings is 1. The maximum Gasteiger partial charge on any atom is 0.334 e. The first-order chi connectivity index (χ1) is 10.4. The monoisotopic (exact) mass is 339 g/mol. The smallest absolute Gasteiger partial charge is 0.334 e. The summed E-state index contributed by atoms with van der Waals surface area (Å²) >= 11 is 6.28. The van der Waals surface area contributed by atoms with Gasteiger partial charge in [-0.25, -0.2) is 4.79 Å². The third-order valence-corrected chi connectivity index (χ3v) is 5.55. The van der Waals surface area contributed by atoms with E-state index >= 15 is 0 Å². The van der Waals surface area contributed by atoms with Gasteiger partial charge in [-0.2, -0.15) is 0 Å². The van der Waals surface area contributed by atoms with Gasteiger partial charge < -0.3 is 10.4 Å². The van der Waals surface area contributed by atoms with Crippen LogP contribution in [0.1, 0.15) is 32.3 Å². The van der Waals surface area contributed by atoms with Crippen LogP contribution in [0.25, 0.3) is 0 Å². The molecule has 2 atom stereocenters. The lowest BCUT2D eigenvalue weighted by Gasteiger charge is -2.30. The van der Waals surface area contributed by atoms with Crippen LogP contribution in [0.4, 0.5) is 0 Å². The molecule has 2 N–H and O–H groups in total. The summed E-state index contributed by atoms with van der Waals surface area (Å²) in [5, 5.41) is 13.1. The largest absolute Gasteiger partial charge is 0.478 e. The van der Waals surface area contributed by atoms with Crippen molar-refractivity contribution < 1.29 is 14.1 Å². The van der Waals surface area contributed by atoms with E-state index in [0.717, 1.165) is 5.70 Å². The molecule has 0 spiro atoms. The quantitative estimate of drug-likeness (QED) is 0.882. The zero-order chi connectivity index (χ0) is 16.4. The number of dihydropyridines is 1. The van der Waals surface area contributed by atoms with E-state index < -0.39 is 22.7 Å². The molecule has 0 aromatic heterocycles. The topological polar surface area (TPSA) is 66.4 Å². The SMILES string of the molecule is CCS(=O)C1=C(C)NC(C)=C(C(=O)O)C1c1ccccc1Cl. The van der Waals surface area contributed by atoms with Crippen LogP contribution in [-0.4, -0.2) is 21.0 Å². The zero-order valence-electron chi connectivity index (χ0n) is 12.6. The van der Waals surface area contributed by atoms with Gasteiger partial charge in [0.25, 0.3) is 0 Å². The molecule has 118 valence electrons. The van der Waals surface area contributed by atoms with Gasteiger partial charge in [-0.15, -0.1) is 0 Å². The van der Waals surface area contributed by atoms with Crippen LogP contribution in [0, 0.1) is 0 Å². The fraction of sp³-hybridized carbons (Fsp3) is 0.312. The van der Waals surface area contributed by atoms with Gasteiger partial charge in [0.1, 0.15) is 0 Å². The number of carboxylic acids is 1. The molecule has 0 aliphatic carbocycles. The summed E-state index contributed by atoms with van der Waals surface area (Å²) in [5.74, 6) is -1.22. The number of allylic oxidation sites excluding steroid dienone is 3. The minimum atomic E-state index is -1.27. The van der Waals surface area contributed by atoms with E-state index in [2.05, 4.69) is 5.32 Å². The van der Waals surface area contributed by atoms with Crippen molar-refractivity contribution in [2.24, 2.45) is 0 Å². The van der Waals surface area contributed by atoms with Crippen molar-refractivity contribution in [2.75, 3.05) is 5.75 Å². The Balaban J connectivity index is 2.73. The molecule has 2 unspecified atom stereocenters. The molecule has 6 heteroatoms. The number of carbonyl (C=O) groups is 1. The molecule has 0 saturated carbocycles. The van der Waals surface area contributed by atoms with Gasteiger partial charge in [-0.1, -0.05) is 36.7 Å². The molecule has 0 saturated heterocycles. The molecule has 0 bridgehead atoms. The van der Waals surface area contributed by atoms with Crippen LogP contribution in [0.3, 0.4) is 0 Å². The molecule has 1 aliphatic heterocycles. The number of nitrogens with one attached hydrogen (secondary N) is 1. The average molecular weight is 340 g/mol. The minimum absolute atomic E-state index is 0.190. The first kappa shape index (κ1) is 16.8. The first-order valence-corrected chi connectivity index (χ1v) is 8.62. The number of aliphatic carboxylic acids is 1. The number of rotatable bonds is 4. The Labute approximate surface area is 137 Å². The van der Waals surface area contributed by atoms with Crippen molar-refractivity contribution in [3.05, 3.63) is 56.7 Å². The summed E-state index contributed by atoms with van der Waals surface area (Å²) in [6.45, 7) is 5.34. The van der Waals surface area contributed by atoms with E-state index in [1.807, 2.05) is 13.8 Å². The second-order valence-corrected chi connectivity index (χ2v) is 7.16. The highest BCUT2D eigenvalue weighted by atomic mass is 35.5. The molecule has 0 fully saturated rings. The van der Waals surface area contributed by atoms with Crippen molar-refractivity contribution in [3.8, 4) is 0 Å². The number of hydrogen-bond donors (Lipinski definition) is 2. The van der Waals surface area contributed by atoms with Gasteiger partial charge in [0.15, 0.2) is 0 Å². The number of carboxylic acid groups (broad SMARTS) is 1. The fourth-order valence-corrected chi connectivity index (χ4v) is 4.18. The number of halogens is 1. The Kier molecular flexibility index (Phi) is 5.08. The maximum atomic E-state index is 12.5. The molecule has 1 aliphatic rings. The van der Waals surface area contributed by atoms with E-state index in [-0.39, 0.29) is 5.57 Å². The molecule has 4 nitrogen and oxygen atoms in total. The fourth-order valence-electron chi connectivity index (χ4n) is 2.72. The van der Waals surface area contributed by atoms with Gasteiger partial charge in [-0.3, -0.25) is 4.21 Å². The maximum absolute atomic E-state index is 12.5. The lowest BCUT2D eigenvalue weighted by atomic mass is 9.86. The third-order valence-electron chi connectivity index (χ3n) is 3.65. The molecular weight excluding hydrogens is 322 g/mol. The van der Waals surface area contributed by atoms with Gasteiger partial charge in [0, 0.05) is 27.1 Å². The highest BCUT2D eigenvalue weighted by molar-refractivity contribution is 7.89. The lowest BCUT2D eigenvalue weighted by molar-refractivity contribution is -0.133. The molecule has 1 heterocycles. The van der Waals surface area contributed by atoms with Crippen molar-refractivity contribution >= 4 is 28.4 Å². The van der Waals surface area contributed by atoms with Crippen LogP contribution in [-0.2, 0) is 15.6 Å². The van der Waals surface area contributed by atoms with Crippen LogP contribution in [0.2, 0.25) is 5.02 Å². The second-order valence-electron chi connectivity index (χ2n) is 5.05. The Morgan fingerprint density at radius 1 is 1.32 bits per heavy atom. The molecule has 1 aromatic rings. The summed E-state index contributed by atoms with van der Waals surface area (Å²) in [6.07, 6.45) is 0. The second kappa shape index (κ2) is 6.67. The van der Waals surface area contributed by atoms with Crippen molar-refractivity contribution in [3.63, 3.8) is 0 Å². The van der Waals surface area contributed by atoms with Crippen molar-refractivity contribution in [2.45, 2.75) is 26.7 Å². The summed E-state index contributed by atoms with van der Waals surface area (Å²) in [4.78, 5) is 12.3. The zero-order valence-corrected chi connectivity index (χ0v) is 14.2. The summed E-state index contributed by atoms with van der Waals surface area (Å²) in [5.41, 5.74) is 2.13. The highest BCUT2D eigenvalue weighted by Gasteiger charge is 2.36. The highest BCUT2D eigenvalue weighted by Crippen LogP contribution is 2.42. The standard InChI is InChI=1S/C16H18ClNO3S/c1-4-22(21)15-10(3)18-9(2)13(16(19)20)14(15)11-7-5-6-8-12(11)17/h5-8,14,18H,4H2,1-3H3,(H,19,20). The first-order valence-electron chi connectivity index (χ1n) is 6.93. The van der Waals surface area contributed by atoms with E-state index in [4.69, 9.17) is 11.6 Å². The van der Waals surface area contributed by atoms with Crippen LogP contribution in [0.5, 0.6) is 0 Å². The van der Waals surface area contributed by atoms with Gasteiger partial charge >= 0.3 is 5.97 Å². The Bertz CT molecular complexity index is 709. The van der Waals surface area contributed by atoms with E-state index in [1.165, 1.54) is 0 Å². The van der Waals surface area contributed by atoms with Crippen LogP contribution in [0.15, 0.2) is 46.1 Å². The molecule has 2 rings (SSSR count). The van der Waals surface area contributed by atoms with E-state index in [9.17, 15) is 14.1 Å². The summed E-state index contributed by atoms with van der Waals surface area (Å²) in [7, 11) is -1.27. The number of hydrogen-bond acceptors (Lipinski definition) is 3. The Morgan fingerprint density at radius 3 is 2.50 bits per heavy atom. The van der Waals surface area contributed by atoms with Crippen LogP contribution >= 0.6 is 11.6 Å². The van der Waals surface area contributed by atoms with E-state index in [1.54, 1.807) is 31.2 Å². The Hall–Kier alpha value is -1.59. The molecule has 0 radical (unpaired) electrons. The van der Waals surface area contributed by atoms with Gasteiger partial charge in [-0.05, 0) is 25.5 Å². The average Bonchev–Trinajstić information content (AvgIpc) is 2.45. The Morgan fingerprint density at radius 2 is 1.95 bits per heavy atom. The third kappa shape index (κ3) is 2.96. The molecule has 22 heavy (non-hydrogen) atoms. The molecule has 1 aromatic carbocycles. The summed E-state index contributed by atoms with van der Waals surface area (Å²) in [6, 6.07) is 7.10. The predicted octanol–water partition coefficient (Wildman–Crippen LogP) is 3.39. The van der Waals surface area contributed by atoms with Crippen molar-refractivity contribution in [1.82, 2.24) is 5.32 Å². The van der Waals surface area contributed by atoms with Gasteiger partial charge in [0.2, 0.25) is 0 Å². The minimum Gasteiger partial charge on any atom is -0.478 e. The molecular formula is C16H18ClNO3S. The predicted molar refractivity (Wildman–Crippen MR) is 89.0 cm³/mol. The van der Waals surface area contributed by atoms with E-state index in [0.29, 0.717) is 26.9 Å². The lowest BCUT2D eigenvalue weighted by Crippen LogP contribution is -2.30.